The van der Waals surface area contributed by atoms with Crippen molar-refractivity contribution in [3.05, 3.63) is 58.1 Å². The highest BCUT2D eigenvalue weighted by Gasteiger charge is 2.44. The summed E-state index contributed by atoms with van der Waals surface area (Å²) >= 11 is 0. The van der Waals surface area contributed by atoms with Crippen LogP contribution in [0, 0.1) is 5.41 Å². The molecular weight excluding hydrogens is 300 g/mol. The summed E-state index contributed by atoms with van der Waals surface area (Å²) in [6.45, 7) is 18.5. The van der Waals surface area contributed by atoms with E-state index < -0.39 is 11.2 Å². The quantitative estimate of drug-likeness (QED) is 0.581. The Balaban J connectivity index is 0.00000254. The molecule has 136 valence electrons. The van der Waals surface area contributed by atoms with E-state index in [2.05, 4.69) is 39.8 Å². The first-order valence-electron chi connectivity index (χ1n) is 8.81. The molecule has 0 radical (unpaired) electrons. The van der Waals surface area contributed by atoms with Crippen LogP contribution in [0.15, 0.2) is 49.6 Å². The maximum atomic E-state index is 11.5. The average Bonchev–Trinajstić information content (AvgIpc) is 2.94. The predicted octanol–water partition coefficient (Wildman–Crippen LogP) is 6.20. The summed E-state index contributed by atoms with van der Waals surface area (Å²) < 4.78 is 10.6. The molecule has 0 fully saturated rings. The highest BCUT2D eigenvalue weighted by atomic mass is 16.6. The molecule has 0 aliphatic rings. The van der Waals surface area contributed by atoms with Crippen LogP contribution in [0.1, 0.15) is 73.8 Å². The highest BCUT2D eigenvalue weighted by Crippen LogP contribution is 2.47. The van der Waals surface area contributed by atoms with Crippen LogP contribution in [0.25, 0.3) is 0 Å². The lowest BCUT2D eigenvalue weighted by molar-refractivity contribution is 0.207. The van der Waals surface area contributed by atoms with Crippen LogP contribution in [0.3, 0.4) is 0 Å². The van der Waals surface area contributed by atoms with Crippen molar-refractivity contribution >= 4 is 0 Å². The van der Waals surface area contributed by atoms with E-state index in [1.807, 2.05) is 52.8 Å². The van der Waals surface area contributed by atoms with E-state index in [4.69, 9.17) is 8.83 Å². The molecule has 0 bridgehead atoms. The monoisotopic (exact) mass is 334 g/mol. The van der Waals surface area contributed by atoms with Gasteiger partial charge in [-0.05, 0) is 19.4 Å². The lowest BCUT2D eigenvalue weighted by Gasteiger charge is -2.41. The van der Waals surface area contributed by atoms with Crippen molar-refractivity contribution in [1.82, 2.24) is 0 Å². The zero-order valence-electron chi connectivity index (χ0n) is 16.8. The molecular formula is C21H34O3. The topological polar surface area (TPSA) is 43.4 Å². The van der Waals surface area contributed by atoms with Gasteiger partial charge in [0.25, 0.3) is 0 Å². The van der Waals surface area contributed by atoms with E-state index in [1.54, 1.807) is 0 Å². The second-order valence-corrected chi connectivity index (χ2v) is 6.46. The van der Waals surface area contributed by atoms with E-state index in [0.29, 0.717) is 17.9 Å². The minimum atomic E-state index is -0.624. The smallest absolute Gasteiger partial charge is 0.396 e. The van der Waals surface area contributed by atoms with E-state index in [9.17, 15) is 4.79 Å². The molecule has 0 aromatic carbocycles. The summed E-state index contributed by atoms with van der Waals surface area (Å²) in [7, 11) is 0. The fourth-order valence-electron chi connectivity index (χ4n) is 2.51. The van der Waals surface area contributed by atoms with Crippen molar-refractivity contribution in [3.63, 3.8) is 0 Å². The van der Waals surface area contributed by atoms with Gasteiger partial charge in [0, 0.05) is 17.3 Å². The molecule has 1 heterocycles. The molecule has 0 atom stereocenters. The Bertz CT molecular complexity index is 634. The number of rotatable bonds is 6. The lowest BCUT2D eigenvalue weighted by Crippen LogP contribution is -2.38. The van der Waals surface area contributed by atoms with E-state index in [1.165, 1.54) is 5.57 Å². The SMILES string of the molecule is CC.C\C=C/C=C(\C=C/C)C(C)(C)C(C)(C)c1oc(=O)oc1CC. The van der Waals surface area contributed by atoms with Gasteiger partial charge < -0.3 is 8.83 Å². The van der Waals surface area contributed by atoms with Crippen LogP contribution in [0.5, 0.6) is 0 Å². The molecule has 0 saturated carbocycles. The number of aryl methyl sites for hydroxylation is 1. The molecule has 0 N–H and O–H groups in total. The Morgan fingerprint density at radius 2 is 1.62 bits per heavy atom. The van der Waals surface area contributed by atoms with Crippen molar-refractivity contribution in [2.45, 2.75) is 74.1 Å². The van der Waals surface area contributed by atoms with Gasteiger partial charge in [-0.15, -0.1) is 0 Å². The Labute approximate surface area is 147 Å². The molecule has 1 rings (SSSR count). The molecule has 24 heavy (non-hydrogen) atoms. The molecule has 0 unspecified atom stereocenters. The van der Waals surface area contributed by atoms with Gasteiger partial charge in [0.15, 0.2) is 5.76 Å². The first-order chi connectivity index (χ1) is 11.2. The van der Waals surface area contributed by atoms with Crippen LogP contribution in [-0.4, -0.2) is 0 Å². The first kappa shape index (κ1) is 22.2. The Morgan fingerprint density at radius 1 is 1.04 bits per heavy atom. The predicted molar refractivity (Wildman–Crippen MR) is 102 cm³/mol. The first-order valence-corrected chi connectivity index (χ1v) is 8.81. The van der Waals surface area contributed by atoms with Gasteiger partial charge in [0.2, 0.25) is 0 Å². The standard InChI is InChI=1S/C19H28O3.C2H6/c1-8-11-13-14(12-9-2)18(4,5)19(6,7)16-15(10-3)21-17(20)22-16;1-2/h8-9,11-13H,10H2,1-7H3;1-2H3/b11-8-,12-9-,14-13+;. The summed E-state index contributed by atoms with van der Waals surface area (Å²) in [6, 6.07) is 0. The largest absolute Gasteiger partial charge is 0.519 e. The average molecular weight is 335 g/mol. The van der Waals surface area contributed by atoms with Crippen molar-refractivity contribution in [1.29, 1.82) is 0 Å². The molecule has 0 spiro atoms. The molecule has 1 aromatic heterocycles. The number of allylic oxidation sites excluding steroid dienone is 6. The second kappa shape index (κ2) is 9.51. The fraction of sp³-hybridized carbons (Fsp3) is 0.571. The highest BCUT2D eigenvalue weighted by molar-refractivity contribution is 5.36. The van der Waals surface area contributed by atoms with Crippen molar-refractivity contribution in [2.75, 3.05) is 0 Å². The van der Waals surface area contributed by atoms with E-state index in [0.717, 1.165) is 0 Å². The van der Waals surface area contributed by atoms with Crippen LogP contribution >= 0.6 is 0 Å². The Morgan fingerprint density at radius 3 is 2.08 bits per heavy atom. The van der Waals surface area contributed by atoms with Gasteiger partial charge in [-0.3, -0.25) is 0 Å². The fourth-order valence-corrected chi connectivity index (χ4v) is 2.51. The zero-order chi connectivity index (χ0) is 19.0. The van der Waals surface area contributed by atoms with Gasteiger partial charge >= 0.3 is 5.82 Å². The third-order valence-corrected chi connectivity index (χ3v) is 4.63. The summed E-state index contributed by atoms with van der Waals surface area (Å²) in [5.41, 5.74) is 0.532. The van der Waals surface area contributed by atoms with Crippen LogP contribution in [0.2, 0.25) is 0 Å². The number of hydrogen-bond donors (Lipinski definition) is 0. The van der Waals surface area contributed by atoms with Crippen LogP contribution < -0.4 is 5.82 Å². The summed E-state index contributed by atoms with van der Waals surface area (Å²) in [5, 5.41) is 0. The summed E-state index contributed by atoms with van der Waals surface area (Å²) in [6.07, 6.45) is 10.9. The van der Waals surface area contributed by atoms with Gasteiger partial charge in [0.1, 0.15) is 5.76 Å². The van der Waals surface area contributed by atoms with Gasteiger partial charge in [-0.25, -0.2) is 4.79 Å². The Hall–Kier alpha value is -1.77. The van der Waals surface area contributed by atoms with E-state index in [-0.39, 0.29) is 5.41 Å². The second-order valence-electron chi connectivity index (χ2n) is 6.46. The molecule has 0 saturated heterocycles. The molecule has 1 aromatic rings. The zero-order valence-corrected chi connectivity index (χ0v) is 16.8. The molecule has 0 aliphatic carbocycles. The van der Waals surface area contributed by atoms with Gasteiger partial charge in [0.05, 0.1) is 0 Å². The molecule has 3 heteroatoms. The third kappa shape index (κ3) is 4.62. The maximum absolute atomic E-state index is 11.5. The van der Waals surface area contributed by atoms with Gasteiger partial charge in [-0.2, -0.15) is 0 Å². The maximum Gasteiger partial charge on any atom is 0.519 e. The van der Waals surface area contributed by atoms with E-state index >= 15 is 0 Å². The number of hydrogen-bond acceptors (Lipinski definition) is 3. The molecule has 3 nitrogen and oxygen atoms in total. The minimum Gasteiger partial charge on any atom is -0.396 e. The molecule has 0 amide bonds. The van der Waals surface area contributed by atoms with Crippen LogP contribution in [-0.2, 0) is 11.8 Å². The van der Waals surface area contributed by atoms with Crippen molar-refractivity contribution in [2.24, 2.45) is 5.41 Å². The summed E-state index contributed by atoms with van der Waals surface area (Å²) in [5.74, 6) is 0.649. The summed E-state index contributed by atoms with van der Waals surface area (Å²) in [4.78, 5) is 11.5. The van der Waals surface area contributed by atoms with Crippen molar-refractivity contribution in [3.8, 4) is 0 Å². The third-order valence-electron chi connectivity index (χ3n) is 4.63. The molecule has 0 aliphatic heterocycles. The minimum absolute atomic E-state index is 0.247. The van der Waals surface area contributed by atoms with Crippen LogP contribution in [0.4, 0.5) is 0 Å². The Kier molecular flexibility index (Phi) is 8.81. The van der Waals surface area contributed by atoms with Crippen molar-refractivity contribution < 1.29 is 8.83 Å². The normalized spacial score (nSPS) is 13.5. The van der Waals surface area contributed by atoms with Gasteiger partial charge in [-0.1, -0.05) is 78.8 Å². The lowest BCUT2D eigenvalue weighted by atomic mass is 9.62.